The molecule has 0 fully saturated rings. The van der Waals surface area contributed by atoms with Crippen LogP contribution in [0, 0.1) is 0 Å². The minimum atomic E-state index is 0.557. The van der Waals surface area contributed by atoms with Gasteiger partial charge in [-0.15, -0.1) is 0 Å². The van der Waals surface area contributed by atoms with Crippen LogP contribution < -0.4 is 16.0 Å². The van der Waals surface area contributed by atoms with Crippen LogP contribution in [0.4, 0.5) is 23.1 Å². The Labute approximate surface area is 148 Å². The topological polar surface area (TPSA) is 67.1 Å². The number of benzene rings is 2. The Hall–Kier alpha value is -3.08. The summed E-state index contributed by atoms with van der Waals surface area (Å²) in [6.45, 7) is 0.813. The molecule has 1 heterocycles. The van der Waals surface area contributed by atoms with Crippen LogP contribution in [-0.4, -0.2) is 23.6 Å². The lowest BCUT2D eigenvalue weighted by Crippen LogP contribution is -2.15. The van der Waals surface area contributed by atoms with Crippen LogP contribution in [0.1, 0.15) is 12.0 Å². The SMILES string of the molecule is CN(c1ccccc1)c1nc(NCCCc2ccccc2)ncc1N. The van der Waals surface area contributed by atoms with Gasteiger partial charge in [-0.2, -0.15) is 4.98 Å². The molecule has 0 unspecified atom stereocenters. The van der Waals surface area contributed by atoms with E-state index in [1.54, 1.807) is 6.20 Å². The molecule has 5 heteroatoms. The van der Waals surface area contributed by atoms with Crippen LogP contribution in [-0.2, 0) is 6.42 Å². The van der Waals surface area contributed by atoms with Crippen molar-refractivity contribution in [3.05, 3.63) is 72.4 Å². The van der Waals surface area contributed by atoms with Crippen molar-refractivity contribution in [3.8, 4) is 0 Å². The molecule has 128 valence electrons. The van der Waals surface area contributed by atoms with E-state index in [0.717, 1.165) is 25.1 Å². The maximum absolute atomic E-state index is 6.06. The Kier molecular flexibility index (Phi) is 5.46. The van der Waals surface area contributed by atoms with Crippen LogP contribution in [0.3, 0.4) is 0 Å². The molecule has 0 amide bonds. The maximum Gasteiger partial charge on any atom is 0.224 e. The number of rotatable bonds is 7. The van der Waals surface area contributed by atoms with E-state index >= 15 is 0 Å². The van der Waals surface area contributed by atoms with E-state index in [1.165, 1.54) is 5.56 Å². The molecule has 0 radical (unpaired) electrons. The highest BCUT2D eigenvalue weighted by molar-refractivity contribution is 5.70. The highest BCUT2D eigenvalue weighted by atomic mass is 15.2. The summed E-state index contributed by atoms with van der Waals surface area (Å²) in [7, 11) is 1.95. The van der Waals surface area contributed by atoms with E-state index in [0.29, 0.717) is 17.5 Å². The molecule has 0 aliphatic carbocycles. The van der Waals surface area contributed by atoms with Gasteiger partial charge in [0, 0.05) is 19.3 Å². The molecule has 0 aliphatic rings. The van der Waals surface area contributed by atoms with Crippen LogP contribution in [0.2, 0.25) is 0 Å². The van der Waals surface area contributed by atoms with Crippen molar-refractivity contribution in [2.75, 3.05) is 29.5 Å². The lowest BCUT2D eigenvalue weighted by molar-refractivity contribution is 0.852. The Balaban J connectivity index is 1.61. The standard InChI is InChI=1S/C20H23N5/c1-25(17-12-6-3-7-13-17)19-18(21)15-23-20(24-19)22-14-8-11-16-9-4-2-5-10-16/h2-7,9-10,12-13,15H,8,11,14,21H2,1H3,(H,22,23,24). The zero-order chi connectivity index (χ0) is 17.5. The Morgan fingerprint density at radius 3 is 2.40 bits per heavy atom. The molecule has 0 saturated carbocycles. The number of nitrogen functional groups attached to an aromatic ring is 1. The third kappa shape index (κ3) is 4.47. The minimum absolute atomic E-state index is 0.557. The van der Waals surface area contributed by atoms with Gasteiger partial charge in [0.25, 0.3) is 0 Å². The number of aromatic nitrogens is 2. The number of hydrogen-bond donors (Lipinski definition) is 2. The van der Waals surface area contributed by atoms with Crippen LogP contribution >= 0.6 is 0 Å². The van der Waals surface area contributed by atoms with Crippen molar-refractivity contribution in [1.29, 1.82) is 0 Å². The lowest BCUT2D eigenvalue weighted by Gasteiger charge is -2.20. The number of hydrogen-bond acceptors (Lipinski definition) is 5. The molecular formula is C20H23N5. The van der Waals surface area contributed by atoms with Crippen LogP contribution in [0.25, 0.3) is 0 Å². The largest absolute Gasteiger partial charge is 0.394 e. The zero-order valence-electron chi connectivity index (χ0n) is 14.4. The number of para-hydroxylation sites is 1. The second-order valence-corrected chi connectivity index (χ2v) is 5.88. The first-order chi connectivity index (χ1) is 12.2. The molecular weight excluding hydrogens is 310 g/mol. The van der Waals surface area contributed by atoms with Gasteiger partial charge < -0.3 is 16.0 Å². The van der Waals surface area contributed by atoms with Gasteiger partial charge in [-0.1, -0.05) is 48.5 Å². The normalized spacial score (nSPS) is 10.4. The summed E-state index contributed by atoms with van der Waals surface area (Å²) in [6, 6.07) is 20.5. The second kappa shape index (κ2) is 8.15. The maximum atomic E-state index is 6.06. The van der Waals surface area contributed by atoms with Gasteiger partial charge in [0.15, 0.2) is 5.82 Å². The smallest absolute Gasteiger partial charge is 0.224 e. The lowest BCUT2D eigenvalue weighted by atomic mass is 10.1. The summed E-state index contributed by atoms with van der Waals surface area (Å²) < 4.78 is 0. The van der Waals surface area contributed by atoms with Gasteiger partial charge in [-0.3, -0.25) is 0 Å². The first-order valence-electron chi connectivity index (χ1n) is 8.43. The van der Waals surface area contributed by atoms with E-state index in [9.17, 15) is 0 Å². The first kappa shape index (κ1) is 16.8. The average Bonchev–Trinajstić information content (AvgIpc) is 2.67. The molecule has 1 aromatic heterocycles. The summed E-state index contributed by atoms with van der Waals surface area (Å²) >= 11 is 0. The monoisotopic (exact) mass is 333 g/mol. The second-order valence-electron chi connectivity index (χ2n) is 5.88. The number of aryl methyl sites for hydroxylation is 1. The van der Waals surface area contributed by atoms with Crippen molar-refractivity contribution < 1.29 is 0 Å². The minimum Gasteiger partial charge on any atom is -0.394 e. The molecule has 25 heavy (non-hydrogen) atoms. The summed E-state index contributed by atoms with van der Waals surface area (Å²) in [6.07, 6.45) is 3.70. The van der Waals surface area contributed by atoms with Crippen LogP contribution in [0.5, 0.6) is 0 Å². The molecule has 3 aromatic rings. The number of nitrogens with zero attached hydrogens (tertiary/aromatic N) is 3. The number of nitrogens with one attached hydrogen (secondary N) is 1. The molecule has 0 spiro atoms. The molecule has 0 bridgehead atoms. The van der Waals surface area contributed by atoms with Gasteiger partial charge in [0.2, 0.25) is 5.95 Å². The van der Waals surface area contributed by atoms with Crippen molar-refractivity contribution in [2.45, 2.75) is 12.8 Å². The van der Waals surface area contributed by atoms with Crippen molar-refractivity contribution in [3.63, 3.8) is 0 Å². The van der Waals surface area contributed by atoms with E-state index in [1.807, 2.05) is 48.3 Å². The number of nitrogens with two attached hydrogens (primary N) is 1. The predicted molar refractivity (Wildman–Crippen MR) is 104 cm³/mol. The van der Waals surface area contributed by atoms with Crippen molar-refractivity contribution in [2.24, 2.45) is 0 Å². The fourth-order valence-electron chi connectivity index (χ4n) is 2.65. The fraction of sp³-hybridized carbons (Fsp3) is 0.200. The summed E-state index contributed by atoms with van der Waals surface area (Å²) in [4.78, 5) is 10.8. The molecule has 0 atom stereocenters. The molecule has 3 N–H and O–H groups in total. The van der Waals surface area contributed by atoms with Crippen molar-refractivity contribution in [1.82, 2.24) is 9.97 Å². The van der Waals surface area contributed by atoms with E-state index in [2.05, 4.69) is 39.6 Å². The Morgan fingerprint density at radius 1 is 1.00 bits per heavy atom. The summed E-state index contributed by atoms with van der Waals surface area (Å²) in [5.41, 5.74) is 8.99. The fourth-order valence-corrected chi connectivity index (χ4v) is 2.65. The first-order valence-corrected chi connectivity index (χ1v) is 8.43. The molecule has 0 aliphatic heterocycles. The van der Waals surface area contributed by atoms with Crippen molar-refractivity contribution >= 4 is 23.1 Å². The van der Waals surface area contributed by atoms with E-state index in [-0.39, 0.29) is 0 Å². The summed E-state index contributed by atoms with van der Waals surface area (Å²) in [5.74, 6) is 1.30. The van der Waals surface area contributed by atoms with Crippen LogP contribution in [0.15, 0.2) is 66.9 Å². The Bertz CT molecular complexity index is 790. The highest BCUT2D eigenvalue weighted by Gasteiger charge is 2.11. The number of anilines is 4. The zero-order valence-corrected chi connectivity index (χ0v) is 14.4. The average molecular weight is 333 g/mol. The predicted octanol–water partition coefficient (Wildman–Crippen LogP) is 3.87. The quantitative estimate of drug-likeness (QED) is 0.643. The van der Waals surface area contributed by atoms with Gasteiger partial charge in [-0.25, -0.2) is 4.98 Å². The van der Waals surface area contributed by atoms with Gasteiger partial charge in [-0.05, 0) is 30.5 Å². The molecule has 5 nitrogen and oxygen atoms in total. The Morgan fingerprint density at radius 2 is 1.68 bits per heavy atom. The van der Waals surface area contributed by atoms with Gasteiger partial charge in [0.05, 0.1) is 11.9 Å². The summed E-state index contributed by atoms with van der Waals surface area (Å²) in [5, 5.41) is 3.28. The van der Waals surface area contributed by atoms with Gasteiger partial charge >= 0.3 is 0 Å². The van der Waals surface area contributed by atoms with E-state index in [4.69, 9.17) is 5.73 Å². The molecule has 0 saturated heterocycles. The van der Waals surface area contributed by atoms with E-state index < -0.39 is 0 Å². The third-order valence-corrected chi connectivity index (χ3v) is 4.03. The molecule has 2 aromatic carbocycles. The highest BCUT2D eigenvalue weighted by Crippen LogP contribution is 2.26. The van der Waals surface area contributed by atoms with Gasteiger partial charge in [0.1, 0.15) is 0 Å². The third-order valence-electron chi connectivity index (χ3n) is 4.03. The molecule has 3 rings (SSSR count).